The maximum absolute atomic E-state index is 12.0. The summed E-state index contributed by atoms with van der Waals surface area (Å²) >= 11 is 0. The number of nitrogens with zero attached hydrogens (tertiary/aromatic N) is 2. The van der Waals surface area contributed by atoms with Crippen LogP contribution in [0.25, 0.3) is 0 Å². The Hall–Kier alpha value is -2.02. The molecule has 88 valence electrons. The van der Waals surface area contributed by atoms with Crippen molar-refractivity contribution in [3.05, 3.63) is 30.3 Å². The zero-order chi connectivity index (χ0) is 12.6. The summed E-state index contributed by atoms with van der Waals surface area (Å²) < 4.78 is 24.2. The molecule has 6 nitrogen and oxygen atoms in total. The molecule has 1 amide bonds. The van der Waals surface area contributed by atoms with E-state index in [0.717, 1.165) is 0 Å². The molecule has 0 saturated carbocycles. The fraction of sp³-hybridized carbons (Fsp3) is 0.100. The van der Waals surface area contributed by atoms with E-state index in [2.05, 4.69) is 5.10 Å². The highest BCUT2D eigenvalue weighted by Crippen LogP contribution is 2.19. The zero-order valence-electron chi connectivity index (χ0n) is 8.82. The summed E-state index contributed by atoms with van der Waals surface area (Å²) in [6, 6.07) is 7.34. The van der Waals surface area contributed by atoms with Gasteiger partial charge in [-0.2, -0.15) is 13.5 Å². The first-order valence-electron chi connectivity index (χ1n) is 4.69. The normalized spacial score (nSPS) is 16.3. The van der Waals surface area contributed by atoms with Crippen LogP contribution in [0.2, 0.25) is 0 Å². The number of carbonyl (C=O) groups excluding carboxylic acids is 2. The minimum atomic E-state index is -4.08. The van der Waals surface area contributed by atoms with Crippen LogP contribution in [-0.4, -0.2) is 30.2 Å². The average molecular weight is 252 g/mol. The van der Waals surface area contributed by atoms with Crippen LogP contribution in [0.5, 0.6) is 0 Å². The standard InChI is InChI=1S/C10H8N2O4S/c1-7-9(13)10(14)12(11-7)17(15,16)8-5-3-2-4-6-8/h2-6H,1H3. The Kier molecular flexibility index (Phi) is 2.55. The van der Waals surface area contributed by atoms with Gasteiger partial charge in [-0.25, -0.2) is 0 Å². The summed E-state index contributed by atoms with van der Waals surface area (Å²) in [7, 11) is -4.08. The van der Waals surface area contributed by atoms with Crippen molar-refractivity contribution in [2.24, 2.45) is 5.10 Å². The molecular weight excluding hydrogens is 244 g/mol. The lowest BCUT2D eigenvalue weighted by Gasteiger charge is -2.11. The monoisotopic (exact) mass is 252 g/mol. The molecule has 0 aliphatic carbocycles. The van der Waals surface area contributed by atoms with Crippen LogP contribution in [0.3, 0.4) is 0 Å². The molecule has 0 radical (unpaired) electrons. The number of amides is 1. The number of hydrogen-bond acceptors (Lipinski definition) is 5. The Bertz CT molecular complexity index is 619. The molecule has 7 heteroatoms. The third-order valence-corrected chi connectivity index (χ3v) is 3.78. The molecule has 0 unspecified atom stereocenters. The van der Waals surface area contributed by atoms with E-state index in [1.165, 1.54) is 31.2 Å². The van der Waals surface area contributed by atoms with Crippen LogP contribution in [0.4, 0.5) is 0 Å². The predicted molar refractivity (Wildman–Crippen MR) is 58.6 cm³/mol. The Morgan fingerprint density at radius 2 is 1.71 bits per heavy atom. The number of rotatable bonds is 2. The number of carbonyl (C=O) groups is 2. The molecule has 0 atom stereocenters. The average Bonchev–Trinajstić information content (AvgIpc) is 2.59. The Labute approximate surface area is 97.6 Å². The molecule has 0 spiro atoms. The van der Waals surface area contributed by atoms with E-state index in [-0.39, 0.29) is 15.0 Å². The number of hydrogen-bond donors (Lipinski definition) is 0. The first kappa shape index (κ1) is 11.5. The second-order valence-corrected chi connectivity index (χ2v) is 5.15. The molecule has 0 bridgehead atoms. The van der Waals surface area contributed by atoms with E-state index < -0.39 is 21.7 Å². The van der Waals surface area contributed by atoms with Crippen LogP contribution < -0.4 is 0 Å². The quantitative estimate of drug-likeness (QED) is 0.702. The Morgan fingerprint density at radius 1 is 1.12 bits per heavy atom. The van der Waals surface area contributed by atoms with Crippen LogP contribution in [0.1, 0.15) is 6.92 Å². The van der Waals surface area contributed by atoms with Gasteiger partial charge in [0.25, 0.3) is 15.8 Å². The van der Waals surface area contributed by atoms with E-state index in [1.54, 1.807) is 6.07 Å². The van der Waals surface area contributed by atoms with Crippen molar-refractivity contribution in [2.75, 3.05) is 0 Å². The highest BCUT2D eigenvalue weighted by Gasteiger charge is 2.39. The van der Waals surface area contributed by atoms with E-state index in [9.17, 15) is 18.0 Å². The summed E-state index contributed by atoms with van der Waals surface area (Å²) in [5, 5.41) is 3.46. The lowest BCUT2D eigenvalue weighted by Crippen LogP contribution is -2.32. The van der Waals surface area contributed by atoms with E-state index in [4.69, 9.17) is 0 Å². The number of benzene rings is 1. The Balaban J connectivity index is 2.50. The van der Waals surface area contributed by atoms with E-state index in [0.29, 0.717) is 0 Å². The summed E-state index contributed by atoms with van der Waals surface area (Å²) in [5.41, 5.74) is -0.130. The van der Waals surface area contributed by atoms with Crippen molar-refractivity contribution in [2.45, 2.75) is 11.8 Å². The summed E-state index contributed by atoms with van der Waals surface area (Å²) in [6.07, 6.45) is 0. The van der Waals surface area contributed by atoms with Crippen molar-refractivity contribution in [1.29, 1.82) is 0 Å². The van der Waals surface area contributed by atoms with E-state index in [1.807, 2.05) is 0 Å². The lowest BCUT2D eigenvalue weighted by molar-refractivity contribution is -0.136. The molecule has 0 fully saturated rings. The van der Waals surface area contributed by atoms with Crippen molar-refractivity contribution in [1.82, 2.24) is 4.41 Å². The number of hydrazone groups is 1. The third kappa shape index (κ3) is 1.74. The van der Waals surface area contributed by atoms with Crippen molar-refractivity contribution in [3.8, 4) is 0 Å². The summed E-state index contributed by atoms with van der Waals surface area (Å²) in [6.45, 7) is 1.29. The van der Waals surface area contributed by atoms with Gasteiger partial charge in [-0.1, -0.05) is 18.2 Å². The van der Waals surface area contributed by atoms with Gasteiger partial charge < -0.3 is 0 Å². The molecule has 0 N–H and O–H groups in total. The van der Waals surface area contributed by atoms with Gasteiger partial charge in [0.2, 0.25) is 0 Å². The molecule has 1 aromatic carbocycles. The van der Waals surface area contributed by atoms with Gasteiger partial charge in [0.1, 0.15) is 5.71 Å². The van der Waals surface area contributed by atoms with Crippen LogP contribution in [0, 0.1) is 0 Å². The second kappa shape index (κ2) is 3.77. The van der Waals surface area contributed by atoms with Gasteiger partial charge in [-0.15, -0.1) is 4.41 Å². The minimum absolute atomic E-state index is 0.0837. The first-order valence-corrected chi connectivity index (χ1v) is 6.13. The molecule has 0 aromatic heterocycles. The molecule has 2 rings (SSSR count). The largest absolute Gasteiger partial charge is 0.331 e. The number of Topliss-reactive ketones (excluding diaryl/α,β-unsaturated/α-hetero) is 1. The first-order chi connectivity index (χ1) is 7.94. The van der Waals surface area contributed by atoms with Gasteiger partial charge in [0.05, 0.1) is 4.90 Å². The maximum Gasteiger partial charge on any atom is 0.331 e. The van der Waals surface area contributed by atoms with Crippen LogP contribution >= 0.6 is 0 Å². The van der Waals surface area contributed by atoms with Crippen molar-refractivity contribution >= 4 is 27.4 Å². The van der Waals surface area contributed by atoms with Gasteiger partial charge in [0.15, 0.2) is 0 Å². The smallest absolute Gasteiger partial charge is 0.282 e. The van der Waals surface area contributed by atoms with Gasteiger partial charge in [-0.05, 0) is 19.1 Å². The molecule has 1 aliphatic rings. The lowest BCUT2D eigenvalue weighted by atomic mass is 10.3. The van der Waals surface area contributed by atoms with E-state index >= 15 is 0 Å². The molecular formula is C10H8N2O4S. The number of ketones is 1. The highest BCUT2D eigenvalue weighted by molar-refractivity contribution is 7.89. The maximum atomic E-state index is 12.0. The van der Waals surface area contributed by atoms with Crippen LogP contribution in [-0.2, 0) is 19.6 Å². The number of sulfonamides is 1. The summed E-state index contributed by atoms with van der Waals surface area (Å²) in [4.78, 5) is 22.5. The molecule has 0 saturated heterocycles. The van der Waals surface area contributed by atoms with Crippen LogP contribution in [0.15, 0.2) is 40.3 Å². The van der Waals surface area contributed by atoms with Crippen molar-refractivity contribution < 1.29 is 18.0 Å². The second-order valence-electron chi connectivity index (χ2n) is 3.38. The molecule has 1 heterocycles. The fourth-order valence-corrected chi connectivity index (χ4v) is 2.56. The SMILES string of the molecule is CC1=NN(S(=O)(=O)c2ccccc2)C(=O)C1=O. The summed E-state index contributed by atoms with van der Waals surface area (Å²) in [5.74, 6) is -2.05. The predicted octanol–water partition coefficient (Wildman–Crippen LogP) is 0.163. The molecule has 1 aromatic rings. The van der Waals surface area contributed by atoms with Gasteiger partial charge in [0, 0.05) is 0 Å². The zero-order valence-corrected chi connectivity index (χ0v) is 9.64. The Morgan fingerprint density at radius 3 is 2.18 bits per heavy atom. The fourth-order valence-electron chi connectivity index (χ4n) is 1.32. The van der Waals surface area contributed by atoms with Gasteiger partial charge in [-0.3, -0.25) is 9.59 Å². The van der Waals surface area contributed by atoms with Gasteiger partial charge >= 0.3 is 5.91 Å². The molecule has 17 heavy (non-hydrogen) atoms. The third-order valence-electron chi connectivity index (χ3n) is 2.21. The van der Waals surface area contributed by atoms with Crippen molar-refractivity contribution in [3.63, 3.8) is 0 Å². The minimum Gasteiger partial charge on any atom is -0.282 e. The highest BCUT2D eigenvalue weighted by atomic mass is 32.2. The topological polar surface area (TPSA) is 83.9 Å². The molecule has 1 aliphatic heterocycles.